The average Bonchev–Trinajstić information content (AvgIpc) is 2.82. The number of aryl methyl sites for hydroxylation is 1. The molecule has 0 bridgehead atoms. The normalized spacial score (nSPS) is 13.7. The monoisotopic (exact) mass is 340 g/mol. The highest BCUT2D eigenvalue weighted by molar-refractivity contribution is 6.58. The third-order valence-electron chi connectivity index (χ3n) is 4.29. The molecule has 0 saturated carbocycles. The summed E-state index contributed by atoms with van der Waals surface area (Å²) in [5, 5.41) is 0. The van der Waals surface area contributed by atoms with Gasteiger partial charge < -0.3 is 0 Å². The van der Waals surface area contributed by atoms with Crippen LogP contribution in [0.4, 0.5) is 4.39 Å². The fourth-order valence-corrected chi connectivity index (χ4v) is 4.74. The molecule has 0 saturated heterocycles. The molecule has 3 nitrogen and oxygen atoms in total. The second kappa shape index (κ2) is 7.09. The molecular formula is C19H19FNO2Si. The summed E-state index contributed by atoms with van der Waals surface area (Å²) in [5.74, 6) is -0.554. The molecule has 0 aliphatic carbocycles. The lowest BCUT2D eigenvalue weighted by atomic mass is 10.1. The minimum atomic E-state index is -0.822. The van der Waals surface area contributed by atoms with E-state index in [0.717, 1.165) is 24.4 Å². The lowest BCUT2D eigenvalue weighted by Crippen LogP contribution is -2.37. The van der Waals surface area contributed by atoms with Crippen LogP contribution in [0, 0.1) is 5.82 Å². The zero-order valence-electron chi connectivity index (χ0n) is 13.6. The average molecular weight is 340 g/mol. The van der Waals surface area contributed by atoms with Gasteiger partial charge in [-0.3, -0.25) is 14.5 Å². The van der Waals surface area contributed by atoms with Gasteiger partial charge in [-0.1, -0.05) is 43.3 Å². The Morgan fingerprint density at radius 1 is 0.958 bits per heavy atom. The number of hydrogen-bond acceptors (Lipinski definition) is 2. The van der Waals surface area contributed by atoms with Crippen LogP contribution in [-0.2, 0) is 6.42 Å². The van der Waals surface area contributed by atoms with Crippen LogP contribution in [0.25, 0.3) is 0 Å². The van der Waals surface area contributed by atoms with Gasteiger partial charge >= 0.3 is 0 Å². The zero-order valence-corrected chi connectivity index (χ0v) is 14.6. The van der Waals surface area contributed by atoms with Crippen LogP contribution in [0.5, 0.6) is 0 Å². The Morgan fingerprint density at radius 3 is 2.12 bits per heavy atom. The zero-order chi connectivity index (χ0) is 17.1. The van der Waals surface area contributed by atoms with Crippen molar-refractivity contribution in [2.45, 2.75) is 25.4 Å². The van der Waals surface area contributed by atoms with E-state index in [4.69, 9.17) is 0 Å². The highest BCUT2D eigenvalue weighted by atomic mass is 28.3. The van der Waals surface area contributed by atoms with Gasteiger partial charge in [0.2, 0.25) is 0 Å². The summed E-state index contributed by atoms with van der Waals surface area (Å²) in [7, 11) is -0.822. The molecule has 3 rings (SSSR count). The molecule has 1 radical (unpaired) electrons. The topological polar surface area (TPSA) is 37.4 Å². The van der Waals surface area contributed by atoms with Crippen molar-refractivity contribution in [2.24, 2.45) is 0 Å². The smallest absolute Gasteiger partial charge is 0.261 e. The summed E-state index contributed by atoms with van der Waals surface area (Å²) in [5.41, 5.74) is 2.15. The maximum atomic E-state index is 12.9. The van der Waals surface area contributed by atoms with Crippen molar-refractivity contribution in [3.63, 3.8) is 0 Å². The molecule has 0 atom stereocenters. The van der Waals surface area contributed by atoms with Crippen LogP contribution in [0.3, 0.4) is 0 Å². The number of fused-ring (bicyclic) bond motifs is 1. The first-order chi connectivity index (χ1) is 11.6. The summed E-state index contributed by atoms with van der Waals surface area (Å²) in [6.45, 7) is 2.15. The van der Waals surface area contributed by atoms with Crippen molar-refractivity contribution in [3.05, 3.63) is 71.0 Å². The van der Waals surface area contributed by atoms with E-state index in [9.17, 15) is 14.0 Å². The third kappa shape index (κ3) is 3.46. The van der Waals surface area contributed by atoms with Gasteiger partial charge in [0.05, 0.1) is 19.9 Å². The molecule has 0 aromatic heterocycles. The standard InChI is InChI=1S/C19H19FNO2Si/c1-24(12-4-5-14-8-10-15(20)11-9-14)13-21-18(22)16-6-2-3-7-17(16)19(21)23/h2-3,6-11H,4-5,12-13H2,1H3. The van der Waals surface area contributed by atoms with Gasteiger partial charge in [-0.15, -0.1) is 0 Å². The highest BCUT2D eigenvalue weighted by Crippen LogP contribution is 2.23. The summed E-state index contributed by atoms with van der Waals surface area (Å²) >= 11 is 0. The van der Waals surface area contributed by atoms with E-state index in [2.05, 4.69) is 6.55 Å². The molecule has 1 aliphatic rings. The number of benzene rings is 2. The van der Waals surface area contributed by atoms with Crippen LogP contribution in [-0.4, -0.2) is 31.7 Å². The van der Waals surface area contributed by atoms with Crippen LogP contribution in [0.2, 0.25) is 12.6 Å². The molecule has 2 aromatic carbocycles. The number of nitrogens with zero attached hydrogens (tertiary/aromatic N) is 1. The fourth-order valence-electron chi connectivity index (χ4n) is 2.98. The molecule has 123 valence electrons. The Balaban J connectivity index is 1.52. The van der Waals surface area contributed by atoms with Gasteiger partial charge in [-0.25, -0.2) is 4.39 Å². The van der Waals surface area contributed by atoms with E-state index in [-0.39, 0.29) is 17.6 Å². The van der Waals surface area contributed by atoms with E-state index in [1.54, 1.807) is 24.3 Å². The van der Waals surface area contributed by atoms with Gasteiger partial charge in [0, 0.05) is 6.17 Å². The first-order valence-electron chi connectivity index (χ1n) is 8.07. The Kier molecular flexibility index (Phi) is 4.90. The van der Waals surface area contributed by atoms with Gasteiger partial charge in [0.25, 0.3) is 11.8 Å². The lowest BCUT2D eigenvalue weighted by Gasteiger charge is -2.18. The Morgan fingerprint density at radius 2 is 1.54 bits per heavy atom. The SMILES string of the molecule is C[Si](CCCc1ccc(F)cc1)CN1C(=O)c2ccccc2C1=O. The quantitative estimate of drug-likeness (QED) is 0.594. The largest absolute Gasteiger partial charge is 0.278 e. The van der Waals surface area contributed by atoms with Crippen molar-refractivity contribution in [1.29, 1.82) is 0 Å². The first kappa shape index (κ1) is 16.6. The minimum Gasteiger partial charge on any atom is -0.278 e. The van der Waals surface area contributed by atoms with Crippen LogP contribution in [0.1, 0.15) is 32.7 Å². The number of imide groups is 1. The van der Waals surface area contributed by atoms with Crippen molar-refractivity contribution >= 4 is 20.6 Å². The first-order valence-corrected chi connectivity index (χ1v) is 10.5. The van der Waals surface area contributed by atoms with Crippen LogP contribution in [0.15, 0.2) is 48.5 Å². The summed E-state index contributed by atoms with van der Waals surface area (Å²) in [4.78, 5) is 26.1. The molecule has 24 heavy (non-hydrogen) atoms. The van der Waals surface area contributed by atoms with Crippen molar-refractivity contribution in [3.8, 4) is 0 Å². The molecule has 2 aromatic rings. The Bertz CT molecular complexity index is 725. The van der Waals surface area contributed by atoms with Crippen molar-refractivity contribution in [2.75, 3.05) is 6.17 Å². The van der Waals surface area contributed by atoms with E-state index in [0.29, 0.717) is 17.3 Å². The summed E-state index contributed by atoms with van der Waals surface area (Å²) in [6.07, 6.45) is 2.42. The van der Waals surface area contributed by atoms with E-state index >= 15 is 0 Å². The van der Waals surface area contributed by atoms with Crippen LogP contribution >= 0.6 is 0 Å². The molecule has 1 aliphatic heterocycles. The number of rotatable bonds is 6. The number of carbonyl (C=O) groups excluding carboxylic acids is 2. The van der Waals surface area contributed by atoms with Crippen molar-refractivity contribution in [1.82, 2.24) is 4.90 Å². The van der Waals surface area contributed by atoms with Gasteiger partial charge in [-0.2, -0.15) is 0 Å². The number of carbonyl (C=O) groups is 2. The maximum absolute atomic E-state index is 12.9. The lowest BCUT2D eigenvalue weighted by molar-refractivity contribution is 0.0679. The molecule has 0 spiro atoms. The van der Waals surface area contributed by atoms with Crippen LogP contribution < -0.4 is 0 Å². The highest BCUT2D eigenvalue weighted by Gasteiger charge is 2.35. The number of amides is 2. The second-order valence-corrected chi connectivity index (χ2v) is 8.91. The van der Waals surface area contributed by atoms with Crippen molar-refractivity contribution < 1.29 is 14.0 Å². The van der Waals surface area contributed by atoms with E-state index in [1.807, 2.05) is 12.1 Å². The maximum Gasteiger partial charge on any atom is 0.261 e. The molecule has 0 N–H and O–H groups in total. The second-order valence-electron chi connectivity index (χ2n) is 6.18. The molecule has 1 heterocycles. The Hall–Kier alpha value is -2.27. The number of halogens is 1. The molecule has 2 amide bonds. The third-order valence-corrected chi connectivity index (χ3v) is 6.35. The summed E-state index contributed by atoms with van der Waals surface area (Å²) in [6, 6.07) is 14.6. The van der Waals surface area contributed by atoms with Gasteiger partial charge in [-0.05, 0) is 36.2 Å². The predicted molar refractivity (Wildman–Crippen MR) is 93.0 cm³/mol. The van der Waals surface area contributed by atoms with E-state index in [1.165, 1.54) is 17.0 Å². The number of hydrogen-bond donors (Lipinski definition) is 0. The predicted octanol–water partition coefficient (Wildman–Crippen LogP) is 3.72. The molecule has 0 unspecified atom stereocenters. The summed E-state index contributed by atoms with van der Waals surface area (Å²) < 4.78 is 12.9. The minimum absolute atomic E-state index is 0.168. The Labute approximate surface area is 142 Å². The fraction of sp³-hybridized carbons (Fsp3) is 0.263. The van der Waals surface area contributed by atoms with Gasteiger partial charge in [0.15, 0.2) is 0 Å². The van der Waals surface area contributed by atoms with Gasteiger partial charge in [0.1, 0.15) is 5.82 Å². The molecule has 5 heteroatoms. The van der Waals surface area contributed by atoms with E-state index < -0.39 is 8.80 Å². The molecular weight excluding hydrogens is 321 g/mol. The molecule has 0 fully saturated rings.